The molecule has 0 saturated carbocycles. The summed E-state index contributed by atoms with van der Waals surface area (Å²) in [5.41, 5.74) is 7.86. The number of primary amides is 1. The molecule has 0 fully saturated rings. The van der Waals surface area contributed by atoms with Crippen LogP contribution in [0.1, 0.15) is 19.3 Å². The summed E-state index contributed by atoms with van der Waals surface area (Å²) in [6.45, 7) is 0.392. The van der Waals surface area contributed by atoms with E-state index >= 15 is 0 Å². The van der Waals surface area contributed by atoms with Gasteiger partial charge in [-0.3, -0.25) is 14.9 Å². The fraction of sp³-hybridized carbons (Fsp3) is 0.208. The van der Waals surface area contributed by atoms with Crippen LogP contribution in [0.25, 0.3) is 0 Å². The third-order valence-electron chi connectivity index (χ3n) is 5.64. The van der Waals surface area contributed by atoms with Crippen LogP contribution >= 0.6 is 0 Å². The van der Waals surface area contributed by atoms with Crippen LogP contribution in [0.5, 0.6) is 0 Å². The van der Waals surface area contributed by atoms with Crippen molar-refractivity contribution in [3.05, 3.63) is 83.6 Å². The van der Waals surface area contributed by atoms with Gasteiger partial charge in [-0.05, 0) is 43.2 Å². The Morgan fingerprint density at radius 3 is 2.28 bits per heavy atom. The molecular weight excluding hydrogens is 406 g/mol. The van der Waals surface area contributed by atoms with Crippen molar-refractivity contribution < 1.29 is 14.4 Å². The third kappa shape index (κ3) is 4.49. The van der Waals surface area contributed by atoms with E-state index in [1.807, 2.05) is 60.7 Å². The van der Waals surface area contributed by atoms with Crippen molar-refractivity contribution in [1.82, 2.24) is 10.6 Å². The highest BCUT2D eigenvalue weighted by atomic mass is 16.2. The van der Waals surface area contributed by atoms with E-state index in [9.17, 15) is 14.4 Å². The first-order valence-corrected chi connectivity index (χ1v) is 10.5. The SMILES string of the molecule is NC(=O)NCCCC1(Nc2ccccc2)CC2=C(C=C1Nc1ccccc1)C(=O)NC2=O. The van der Waals surface area contributed by atoms with Gasteiger partial charge in [0.25, 0.3) is 11.8 Å². The van der Waals surface area contributed by atoms with E-state index in [0.717, 1.165) is 17.1 Å². The fourth-order valence-corrected chi connectivity index (χ4v) is 4.14. The number of carbonyl (C=O) groups excluding carboxylic acids is 3. The molecule has 0 saturated heterocycles. The Labute approximate surface area is 186 Å². The molecule has 6 N–H and O–H groups in total. The molecule has 8 nitrogen and oxygen atoms in total. The number of nitrogens with two attached hydrogens (primary N) is 1. The topological polar surface area (TPSA) is 125 Å². The molecule has 0 radical (unpaired) electrons. The maximum atomic E-state index is 12.5. The predicted molar refractivity (Wildman–Crippen MR) is 123 cm³/mol. The van der Waals surface area contributed by atoms with Gasteiger partial charge in [0.2, 0.25) is 0 Å². The van der Waals surface area contributed by atoms with Gasteiger partial charge in [0.1, 0.15) is 0 Å². The van der Waals surface area contributed by atoms with Gasteiger partial charge in [0, 0.05) is 35.6 Å². The van der Waals surface area contributed by atoms with E-state index in [1.165, 1.54) is 0 Å². The van der Waals surface area contributed by atoms with Gasteiger partial charge in [-0.1, -0.05) is 36.4 Å². The molecule has 1 unspecified atom stereocenters. The molecule has 1 aliphatic carbocycles. The lowest BCUT2D eigenvalue weighted by Gasteiger charge is -2.41. The number of amides is 4. The summed E-state index contributed by atoms with van der Waals surface area (Å²) in [6.07, 6.45) is 3.25. The first-order valence-electron chi connectivity index (χ1n) is 10.5. The Bertz CT molecular complexity index is 1100. The zero-order valence-corrected chi connectivity index (χ0v) is 17.5. The lowest BCUT2D eigenvalue weighted by molar-refractivity contribution is -0.124. The number of hydrogen-bond acceptors (Lipinski definition) is 5. The van der Waals surface area contributed by atoms with Gasteiger partial charge in [-0.2, -0.15) is 0 Å². The molecule has 0 spiro atoms. The normalized spacial score (nSPS) is 19.7. The first kappa shape index (κ1) is 21.2. The molecular formula is C24H25N5O3. The number of anilines is 2. The van der Waals surface area contributed by atoms with Gasteiger partial charge in [0.05, 0.1) is 11.1 Å². The second-order valence-corrected chi connectivity index (χ2v) is 7.87. The van der Waals surface area contributed by atoms with Crippen molar-refractivity contribution in [3.8, 4) is 0 Å². The predicted octanol–water partition coefficient (Wildman–Crippen LogP) is 2.64. The van der Waals surface area contributed by atoms with Crippen molar-refractivity contribution in [1.29, 1.82) is 0 Å². The molecule has 1 aliphatic heterocycles. The number of hydrogen-bond donors (Lipinski definition) is 5. The molecule has 164 valence electrons. The largest absolute Gasteiger partial charge is 0.374 e. The quantitative estimate of drug-likeness (QED) is 0.325. The number of para-hydroxylation sites is 2. The van der Waals surface area contributed by atoms with Crippen LogP contribution in [0.15, 0.2) is 83.6 Å². The second-order valence-electron chi connectivity index (χ2n) is 7.87. The van der Waals surface area contributed by atoms with Crippen LogP contribution in [0, 0.1) is 0 Å². The minimum absolute atomic E-state index is 0.317. The third-order valence-corrected chi connectivity index (χ3v) is 5.64. The molecule has 8 heteroatoms. The number of nitrogens with one attached hydrogen (secondary N) is 4. The molecule has 1 atom stereocenters. The Hall–Kier alpha value is -4.07. The van der Waals surface area contributed by atoms with E-state index in [2.05, 4.69) is 21.3 Å². The summed E-state index contributed by atoms with van der Waals surface area (Å²) in [5, 5.41) is 12.1. The summed E-state index contributed by atoms with van der Waals surface area (Å²) in [7, 11) is 0. The molecule has 4 amide bonds. The van der Waals surface area contributed by atoms with Crippen LogP contribution in [-0.4, -0.2) is 29.9 Å². The molecule has 0 aromatic heterocycles. The Morgan fingerprint density at radius 1 is 0.969 bits per heavy atom. The van der Waals surface area contributed by atoms with E-state index < -0.39 is 11.6 Å². The Kier molecular flexibility index (Phi) is 5.93. The smallest absolute Gasteiger partial charge is 0.312 e. The molecule has 0 bridgehead atoms. The van der Waals surface area contributed by atoms with Crippen molar-refractivity contribution in [2.45, 2.75) is 24.8 Å². The van der Waals surface area contributed by atoms with Crippen molar-refractivity contribution in [2.75, 3.05) is 17.2 Å². The first-order chi connectivity index (χ1) is 15.5. The number of imide groups is 1. The van der Waals surface area contributed by atoms with E-state index in [1.54, 1.807) is 6.08 Å². The van der Waals surface area contributed by atoms with Crippen LogP contribution in [-0.2, 0) is 9.59 Å². The number of benzene rings is 2. The van der Waals surface area contributed by atoms with Gasteiger partial charge in [-0.25, -0.2) is 4.79 Å². The van der Waals surface area contributed by atoms with Gasteiger partial charge >= 0.3 is 6.03 Å². The average molecular weight is 431 g/mol. The summed E-state index contributed by atoms with van der Waals surface area (Å²) in [5.74, 6) is -0.754. The highest BCUT2D eigenvalue weighted by Crippen LogP contribution is 2.41. The fourth-order valence-electron chi connectivity index (χ4n) is 4.14. The average Bonchev–Trinajstić information content (AvgIpc) is 3.05. The lowest BCUT2D eigenvalue weighted by atomic mass is 9.77. The highest BCUT2D eigenvalue weighted by molar-refractivity contribution is 6.21. The monoisotopic (exact) mass is 431 g/mol. The van der Waals surface area contributed by atoms with Crippen LogP contribution < -0.4 is 27.0 Å². The van der Waals surface area contributed by atoms with Crippen molar-refractivity contribution in [2.24, 2.45) is 5.73 Å². The Balaban J connectivity index is 1.73. The molecule has 2 aromatic carbocycles. The minimum atomic E-state index is -0.711. The van der Waals surface area contributed by atoms with Crippen molar-refractivity contribution >= 4 is 29.2 Å². The summed E-state index contributed by atoms with van der Waals surface area (Å²) >= 11 is 0. The number of carbonyl (C=O) groups is 3. The van der Waals surface area contributed by atoms with E-state index in [-0.39, 0.29) is 11.8 Å². The van der Waals surface area contributed by atoms with E-state index in [4.69, 9.17) is 5.73 Å². The van der Waals surface area contributed by atoms with Gasteiger partial charge in [-0.15, -0.1) is 0 Å². The number of urea groups is 1. The zero-order chi connectivity index (χ0) is 22.6. The summed E-state index contributed by atoms with van der Waals surface area (Å²) < 4.78 is 0. The summed E-state index contributed by atoms with van der Waals surface area (Å²) in [4.78, 5) is 36.0. The molecule has 2 aliphatic rings. The second kappa shape index (κ2) is 8.97. The zero-order valence-electron chi connectivity index (χ0n) is 17.5. The minimum Gasteiger partial charge on any atom is -0.374 e. The number of rotatable bonds is 8. The molecule has 32 heavy (non-hydrogen) atoms. The van der Waals surface area contributed by atoms with Crippen LogP contribution in [0.4, 0.5) is 16.2 Å². The molecule has 4 rings (SSSR count). The summed E-state index contributed by atoms with van der Waals surface area (Å²) in [6, 6.07) is 18.8. The molecule has 1 heterocycles. The lowest BCUT2D eigenvalue weighted by Crippen LogP contribution is -2.46. The van der Waals surface area contributed by atoms with Gasteiger partial charge < -0.3 is 21.7 Å². The van der Waals surface area contributed by atoms with Crippen LogP contribution in [0.3, 0.4) is 0 Å². The maximum absolute atomic E-state index is 12.5. The highest BCUT2D eigenvalue weighted by Gasteiger charge is 2.44. The van der Waals surface area contributed by atoms with E-state index in [0.29, 0.717) is 37.0 Å². The van der Waals surface area contributed by atoms with Gasteiger partial charge in [0.15, 0.2) is 0 Å². The maximum Gasteiger partial charge on any atom is 0.312 e. The van der Waals surface area contributed by atoms with Crippen molar-refractivity contribution in [3.63, 3.8) is 0 Å². The Morgan fingerprint density at radius 2 is 1.62 bits per heavy atom. The molecule has 2 aromatic rings. The van der Waals surface area contributed by atoms with Crippen LogP contribution in [0.2, 0.25) is 0 Å². The standard InChI is InChI=1S/C24H25N5O3/c25-23(32)26-13-7-12-24(29-17-10-5-2-6-11-17)15-19-18(21(30)28-22(19)31)14-20(24)27-16-8-3-1-4-9-16/h1-6,8-11,14,27,29H,7,12-13,15H2,(H3,25,26,32)(H,28,30,31).